The molecule has 0 N–H and O–H groups in total. The molecule has 0 heterocycles. The van der Waals surface area contributed by atoms with Crippen LogP contribution < -0.4 is 0 Å². The number of fused-ring (bicyclic) bond motifs is 1. The van der Waals surface area contributed by atoms with E-state index >= 15 is 0 Å². The van der Waals surface area contributed by atoms with E-state index in [0.717, 1.165) is 0 Å². The first-order chi connectivity index (χ1) is 9.68. The maximum absolute atomic E-state index is 6.43. The van der Waals surface area contributed by atoms with Gasteiger partial charge in [-0.2, -0.15) is 0 Å². The van der Waals surface area contributed by atoms with E-state index in [2.05, 4.69) is 58.2 Å². The molecule has 2 aliphatic rings. The van der Waals surface area contributed by atoms with Crippen LogP contribution in [0.3, 0.4) is 0 Å². The van der Waals surface area contributed by atoms with E-state index in [1.165, 1.54) is 12.8 Å². The molecule has 2 unspecified atom stereocenters. The number of hydrogen-bond acceptors (Lipinski definition) is 1. The third-order valence-electron chi connectivity index (χ3n) is 3.56. The molecule has 0 radical (unpaired) electrons. The van der Waals surface area contributed by atoms with Crippen LogP contribution in [0.2, 0.25) is 13.1 Å². The standard InChI is InChI=1S/C15H26NOSi.CH3.2ClH.Ti/c1-15(2,3)16-18(4,5)17-14-11-10-12-8-6-7-9-13(12)14;;;;/h6-9,12-14H,10-11H2,1-5H3;1H3;2*1H;/q2*-1;;;+2/p-2/t12?,13?,14-;;;;/m1..../s1. The second kappa shape index (κ2) is 10.0. The van der Waals surface area contributed by atoms with Crippen molar-refractivity contribution in [3.05, 3.63) is 36.7 Å². The fraction of sp³-hybridized carbons (Fsp3) is 0.688. The number of halogens is 2. The van der Waals surface area contributed by atoms with Gasteiger partial charge in [0.15, 0.2) is 0 Å². The van der Waals surface area contributed by atoms with E-state index in [1.807, 2.05) is 0 Å². The van der Waals surface area contributed by atoms with Gasteiger partial charge in [-0.05, 0) is 18.8 Å². The zero-order valence-electron chi connectivity index (χ0n) is 14.6. The van der Waals surface area contributed by atoms with Crippen molar-refractivity contribution in [2.75, 3.05) is 0 Å². The molecule has 22 heavy (non-hydrogen) atoms. The summed E-state index contributed by atoms with van der Waals surface area (Å²) in [5, 5.41) is 0. The molecule has 6 heteroatoms. The first-order valence-electron chi connectivity index (χ1n) is 7.41. The summed E-state index contributed by atoms with van der Waals surface area (Å²) in [5.74, 6) is 1.27. The molecule has 128 valence electrons. The molecular formula is C16H29Cl2NOSiTi-2. The first-order valence-corrected chi connectivity index (χ1v) is 14.6. The van der Waals surface area contributed by atoms with Gasteiger partial charge in [0.05, 0.1) is 8.48 Å². The molecular weight excluding hydrogens is 369 g/mol. The molecule has 2 rings (SSSR count). The number of rotatable bonds is 3. The summed E-state index contributed by atoms with van der Waals surface area (Å²) >= 11 is -0.556. The van der Waals surface area contributed by atoms with Crippen LogP contribution in [0.4, 0.5) is 0 Å². The Kier molecular flexibility index (Phi) is 10.4. The van der Waals surface area contributed by atoms with Gasteiger partial charge in [0.1, 0.15) is 0 Å². The summed E-state index contributed by atoms with van der Waals surface area (Å²) in [6, 6.07) is 0. The van der Waals surface area contributed by atoms with Gasteiger partial charge in [-0.3, -0.25) is 0 Å². The predicted molar refractivity (Wildman–Crippen MR) is 98.1 cm³/mol. The molecule has 0 aliphatic heterocycles. The minimum absolute atomic E-state index is 0. The summed E-state index contributed by atoms with van der Waals surface area (Å²) in [5.41, 5.74) is 0.00996. The quantitative estimate of drug-likeness (QED) is 0.409. The molecule has 1 fully saturated rings. The summed E-state index contributed by atoms with van der Waals surface area (Å²) in [4.78, 5) is 4.92. The third kappa shape index (κ3) is 8.14. The van der Waals surface area contributed by atoms with Crippen LogP contribution in [0.5, 0.6) is 0 Å². The zero-order chi connectivity index (χ0) is 16.1. The Morgan fingerprint density at radius 3 is 2.23 bits per heavy atom. The first kappa shape index (κ1) is 22.9. The van der Waals surface area contributed by atoms with Crippen molar-refractivity contribution < 1.29 is 21.5 Å². The van der Waals surface area contributed by atoms with Crippen LogP contribution in [0.25, 0.3) is 4.98 Å². The number of nitrogens with zero attached hydrogens (tertiary/aromatic N) is 1. The molecule has 2 nitrogen and oxygen atoms in total. The van der Waals surface area contributed by atoms with Crippen LogP contribution in [0.1, 0.15) is 33.6 Å². The summed E-state index contributed by atoms with van der Waals surface area (Å²) in [7, 11) is 7.86. The molecule has 3 atom stereocenters. The van der Waals surface area contributed by atoms with Crippen LogP contribution in [0, 0.1) is 19.3 Å². The monoisotopic (exact) mass is 397 g/mol. The fourth-order valence-corrected chi connectivity index (χ4v) is 5.93. The van der Waals surface area contributed by atoms with Gasteiger partial charge < -0.3 is 16.8 Å². The van der Waals surface area contributed by atoms with E-state index < -0.39 is 25.5 Å². The van der Waals surface area contributed by atoms with E-state index in [4.69, 9.17) is 28.0 Å². The van der Waals surface area contributed by atoms with E-state index in [-0.39, 0.29) is 13.0 Å². The Labute approximate surface area is 154 Å². The molecule has 0 saturated heterocycles. The van der Waals surface area contributed by atoms with Gasteiger partial charge in [0, 0.05) is 12.0 Å². The molecule has 2 aliphatic carbocycles. The minimum atomic E-state index is -1.91. The van der Waals surface area contributed by atoms with Gasteiger partial charge in [-0.1, -0.05) is 58.2 Å². The van der Waals surface area contributed by atoms with Gasteiger partial charge in [-0.25, -0.2) is 0 Å². The molecule has 0 spiro atoms. The van der Waals surface area contributed by atoms with Crippen molar-refractivity contribution >= 4 is 27.1 Å². The Balaban J connectivity index is 0.00000102. The molecule has 0 amide bonds. The third-order valence-corrected chi connectivity index (χ3v) is 5.64. The molecule has 0 aromatic rings. The average molecular weight is 398 g/mol. The van der Waals surface area contributed by atoms with Crippen molar-refractivity contribution in [1.82, 2.24) is 0 Å². The van der Waals surface area contributed by atoms with Gasteiger partial charge in [0.2, 0.25) is 0 Å². The van der Waals surface area contributed by atoms with Gasteiger partial charge in [-0.15, -0.1) is 5.54 Å². The maximum atomic E-state index is 6.43. The summed E-state index contributed by atoms with van der Waals surface area (Å²) in [6.07, 6.45) is 11.8. The fourth-order valence-electron chi connectivity index (χ4n) is 3.25. The summed E-state index contributed by atoms with van der Waals surface area (Å²) < 4.78 is 6.43. The number of allylic oxidation sites excluding steroid dienone is 3. The molecule has 0 bridgehead atoms. The van der Waals surface area contributed by atoms with E-state index in [1.54, 1.807) is 0 Å². The summed E-state index contributed by atoms with van der Waals surface area (Å²) in [6.45, 7) is 10.9. The topological polar surface area (TPSA) is 23.3 Å². The van der Waals surface area contributed by atoms with Gasteiger partial charge in [0.25, 0.3) is 0 Å². The van der Waals surface area contributed by atoms with Gasteiger partial charge >= 0.3 is 35.6 Å². The molecule has 0 aromatic heterocycles. The Morgan fingerprint density at radius 2 is 1.68 bits per heavy atom. The van der Waals surface area contributed by atoms with Crippen molar-refractivity contribution in [2.45, 2.75) is 58.3 Å². The van der Waals surface area contributed by atoms with Crippen molar-refractivity contribution in [1.29, 1.82) is 0 Å². The Morgan fingerprint density at radius 1 is 1.14 bits per heavy atom. The van der Waals surface area contributed by atoms with Crippen molar-refractivity contribution in [2.24, 2.45) is 11.8 Å². The van der Waals surface area contributed by atoms with Crippen LogP contribution in [0.15, 0.2) is 24.3 Å². The normalized spacial score (nSPS) is 26.6. The van der Waals surface area contributed by atoms with Crippen LogP contribution >= 0.6 is 18.6 Å². The second-order valence-corrected chi connectivity index (χ2v) is 13.0. The number of hydrogen-bond donors (Lipinski definition) is 0. The molecule has 1 saturated carbocycles. The Hall–Kier alpha value is 0.911. The average Bonchev–Trinajstić information content (AvgIpc) is 2.70. The van der Waals surface area contributed by atoms with Crippen molar-refractivity contribution in [3.63, 3.8) is 0 Å². The Bertz CT molecular complexity index is 383. The van der Waals surface area contributed by atoms with Crippen molar-refractivity contribution in [3.8, 4) is 0 Å². The van der Waals surface area contributed by atoms with E-state index in [0.29, 0.717) is 17.9 Å². The SMILES string of the molecule is CC(C)(C)[N-][Si](C)(C)O[C@@H]1CCC2C=CC=CC21.[CH3-].[Cl][Ti][Cl]. The van der Waals surface area contributed by atoms with Crippen LogP contribution in [-0.4, -0.2) is 20.1 Å². The van der Waals surface area contributed by atoms with E-state index in [9.17, 15) is 0 Å². The molecule has 0 aromatic carbocycles. The van der Waals surface area contributed by atoms with Crippen LogP contribution in [-0.2, 0) is 21.5 Å². The zero-order valence-corrected chi connectivity index (χ0v) is 18.6. The second-order valence-electron chi connectivity index (χ2n) is 7.05. The predicted octanol–water partition coefficient (Wildman–Crippen LogP) is 6.22.